The Balaban J connectivity index is 3.27. The minimum atomic E-state index is -0.884. The predicted molar refractivity (Wildman–Crippen MR) is 36.2 cm³/mol. The van der Waals surface area contributed by atoms with Gasteiger partial charge in [-0.05, 0) is 18.0 Å². The summed E-state index contributed by atoms with van der Waals surface area (Å²) in [5.41, 5.74) is -0.884. The van der Waals surface area contributed by atoms with Crippen molar-refractivity contribution in [3.05, 3.63) is 10.1 Å². The first-order chi connectivity index (χ1) is 4.18. The lowest BCUT2D eigenvalue weighted by Gasteiger charge is -1.97. The Morgan fingerprint density at radius 2 is 2.33 bits per heavy atom. The van der Waals surface area contributed by atoms with E-state index < -0.39 is 10.4 Å². The molecule has 0 aromatic rings. The SMILES string of the molecule is CCCCC(Cl)[N+](=O)[O-]. The molecule has 0 aromatic heterocycles. The third kappa shape index (κ3) is 4.21. The van der Waals surface area contributed by atoms with Crippen molar-refractivity contribution in [2.75, 3.05) is 0 Å². The molecular formula is C5H10ClNO2. The number of hydrogen-bond donors (Lipinski definition) is 0. The quantitative estimate of drug-likeness (QED) is 0.267. The monoisotopic (exact) mass is 151 g/mol. The van der Waals surface area contributed by atoms with Crippen molar-refractivity contribution < 1.29 is 4.92 Å². The van der Waals surface area contributed by atoms with Crippen LogP contribution in [0.5, 0.6) is 0 Å². The van der Waals surface area contributed by atoms with E-state index in [1.54, 1.807) is 0 Å². The molecule has 0 bridgehead atoms. The average molecular weight is 152 g/mol. The van der Waals surface area contributed by atoms with Crippen molar-refractivity contribution in [1.82, 2.24) is 0 Å². The van der Waals surface area contributed by atoms with Gasteiger partial charge in [0.15, 0.2) is 0 Å². The topological polar surface area (TPSA) is 43.1 Å². The zero-order valence-electron chi connectivity index (χ0n) is 5.34. The van der Waals surface area contributed by atoms with Gasteiger partial charge in [0.2, 0.25) is 0 Å². The molecule has 0 heterocycles. The molecule has 0 saturated heterocycles. The Bertz CT molecular complexity index is 97.0. The summed E-state index contributed by atoms with van der Waals surface area (Å²) in [4.78, 5) is 9.42. The molecule has 0 fully saturated rings. The van der Waals surface area contributed by atoms with E-state index >= 15 is 0 Å². The molecule has 3 nitrogen and oxygen atoms in total. The molecule has 1 atom stereocenters. The van der Waals surface area contributed by atoms with E-state index in [-0.39, 0.29) is 0 Å². The lowest BCUT2D eigenvalue weighted by molar-refractivity contribution is -0.499. The fraction of sp³-hybridized carbons (Fsp3) is 1.00. The lowest BCUT2D eigenvalue weighted by atomic mass is 10.2. The van der Waals surface area contributed by atoms with E-state index in [2.05, 4.69) is 0 Å². The molecule has 0 rings (SSSR count). The van der Waals surface area contributed by atoms with E-state index in [0.29, 0.717) is 6.42 Å². The Morgan fingerprint density at radius 3 is 2.67 bits per heavy atom. The number of alkyl halides is 1. The predicted octanol–water partition coefficient (Wildman–Crippen LogP) is 2.02. The standard InChI is InChI=1S/C5H10ClNO2/c1-2-3-4-5(6)7(8)9/h5H,2-4H2,1H3. The second-order valence-electron chi connectivity index (χ2n) is 1.86. The van der Waals surface area contributed by atoms with Gasteiger partial charge in [0.25, 0.3) is 5.50 Å². The number of nitro groups is 1. The van der Waals surface area contributed by atoms with E-state index in [1.165, 1.54) is 0 Å². The summed E-state index contributed by atoms with van der Waals surface area (Å²) in [5, 5.41) is 9.88. The van der Waals surface area contributed by atoms with Gasteiger partial charge in [-0.25, -0.2) is 0 Å². The average Bonchev–Trinajstić information content (AvgIpc) is 1.82. The largest absolute Gasteiger partial charge is 0.286 e. The zero-order valence-corrected chi connectivity index (χ0v) is 6.10. The lowest BCUT2D eigenvalue weighted by Crippen LogP contribution is -2.10. The number of unbranched alkanes of at least 4 members (excludes halogenated alkanes) is 1. The van der Waals surface area contributed by atoms with E-state index in [9.17, 15) is 10.1 Å². The smallest absolute Gasteiger partial charge is 0.263 e. The molecule has 0 saturated carbocycles. The molecule has 0 radical (unpaired) electrons. The van der Waals surface area contributed by atoms with Crippen LogP contribution in [0.25, 0.3) is 0 Å². The van der Waals surface area contributed by atoms with Crippen LogP contribution >= 0.6 is 11.6 Å². The molecule has 54 valence electrons. The maximum absolute atomic E-state index is 9.88. The van der Waals surface area contributed by atoms with Crippen molar-refractivity contribution in [2.45, 2.75) is 31.7 Å². The van der Waals surface area contributed by atoms with Crippen LogP contribution in [-0.2, 0) is 0 Å². The Labute approximate surface area is 59.2 Å². The van der Waals surface area contributed by atoms with Gasteiger partial charge in [-0.15, -0.1) is 0 Å². The van der Waals surface area contributed by atoms with Crippen molar-refractivity contribution >= 4 is 11.6 Å². The second kappa shape index (κ2) is 4.56. The maximum Gasteiger partial charge on any atom is 0.286 e. The minimum Gasteiger partial charge on any atom is -0.263 e. The summed E-state index contributed by atoms with van der Waals surface area (Å²) in [6.07, 6.45) is 2.26. The van der Waals surface area contributed by atoms with Gasteiger partial charge in [-0.2, -0.15) is 0 Å². The number of rotatable bonds is 4. The Hall–Kier alpha value is -0.310. The van der Waals surface area contributed by atoms with Gasteiger partial charge in [0.05, 0.1) is 0 Å². The van der Waals surface area contributed by atoms with Gasteiger partial charge >= 0.3 is 0 Å². The first kappa shape index (κ1) is 8.69. The van der Waals surface area contributed by atoms with Crippen molar-refractivity contribution in [2.24, 2.45) is 0 Å². The van der Waals surface area contributed by atoms with Gasteiger partial charge in [0, 0.05) is 11.3 Å². The van der Waals surface area contributed by atoms with Crippen LogP contribution in [0.3, 0.4) is 0 Å². The van der Waals surface area contributed by atoms with Crippen LogP contribution < -0.4 is 0 Å². The minimum absolute atomic E-state index is 0.461. The molecular weight excluding hydrogens is 142 g/mol. The molecule has 0 spiro atoms. The van der Waals surface area contributed by atoms with Gasteiger partial charge in [-0.1, -0.05) is 13.3 Å². The highest BCUT2D eigenvalue weighted by molar-refractivity contribution is 6.19. The highest BCUT2D eigenvalue weighted by atomic mass is 35.5. The summed E-state index contributed by atoms with van der Waals surface area (Å²) < 4.78 is 0. The number of nitrogens with zero attached hydrogens (tertiary/aromatic N) is 1. The molecule has 9 heavy (non-hydrogen) atoms. The molecule has 0 aliphatic heterocycles. The second-order valence-corrected chi connectivity index (χ2v) is 2.37. The number of hydrogen-bond acceptors (Lipinski definition) is 2. The maximum atomic E-state index is 9.88. The summed E-state index contributed by atoms with van der Waals surface area (Å²) in [6.45, 7) is 1.98. The van der Waals surface area contributed by atoms with E-state index in [4.69, 9.17) is 11.6 Å². The van der Waals surface area contributed by atoms with Crippen LogP contribution in [0.15, 0.2) is 0 Å². The van der Waals surface area contributed by atoms with Crippen LogP contribution in [0.4, 0.5) is 0 Å². The molecule has 0 N–H and O–H groups in total. The highest BCUT2D eigenvalue weighted by Gasteiger charge is 2.12. The van der Waals surface area contributed by atoms with Crippen LogP contribution in [0, 0.1) is 10.1 Å². The molecule has 0 aliphatic rings. The summed E-state index contributed by atoms with van der Waals surface area (Å²) >= 11 is 5.30. The van der Waals surface area contributed by atoms with Crippen LogP contribution in [0.2, 0.25) is 0 Å². The van der Waals surface area contributed by atoms with E-state index in [0.717, 1.165) is 12.8 Å². The van der Waals surface area contributed by atoms with Gasteiger partial charge < -0.3 is 0 Å². The third-order valence-electron chi connectivity index (χ3n) is 1.02. The van der Waals surface area contributed by atoms with Gasteiger partial charge in [0.1, 0.15) is 0 Å². The molecule has 1 unspecified atom stereocenters. The van der Waals surface area contributed by atoms with Crippen molar-refractivity contribution in [3.8, 4) is 0 Å². The highest BCUT2D eigenvalue weighted by Crippen LogP contribution is 2.06. The Kier molecular flexibility index (Phi) is 4.40. The zero-order chi connectivity index (χ0) is 7.28. The molecule has 0 aliphatic carbocycles. The van der Waals surface area contributed by atoms with Crippen LogP contribution in [-0.4, -0.2) is 10.4 Å². The Morgan fingerprint density at radius 1 is 1.78 bits per heavy atom. The fourth-order valence-corrected chi connectivity index (χ4v) is 0.632. The third-order valence-corrected chi connectivity index (χ3v) is 1.40. The van der Waals surface area contributed by atoms with Gasteiger partial charge in [-0.3, -0.25) is 10.1 Å². The van der Waals surface area contributed by atoms with Crippen LogP contribution in [0.1, 0.15) is 26.2 Å². The summed E-state index contributed by atoms with van der Waals surface area (Å²) in [5.74, 6) is 0. The fourth-order valence-electron chi connectivity index (χ4n) is 0.478. The molecule has 0 amide bonds. The number of halogens is 1. The van der Waals surface area contributed by atoms with Crippen molar-refractivity contribution in [3.63, 3.8) is 0 Å². The first-order valence-electron chi connectivity index (χ1n) is 2.96. The summed E-state index contributed by atoms with van der Waals surface area (Å²) in [7, 11) is 0. The first-order valence-corrected chi connectivity index (χ1v) is 3.39. The molecule has 4 heteroatoms. The van der Waals surface area contributed by atoms with Crippen molar-refractivity contribution in [1.29, 1.82) is 0 Å². The molecule has 0 aromatic carbocycles. The van der Waals surface area contributed by atoms with E-state index in [1.807, 2.05) is 6.92 Å². The summed E-state index contributed by atoms with van der Waals surface area (Å²) in [6, 6.07) is 0. The normalized spacial score (nSPS) is 13.1.